The van der Waals surface area contributed by atoms with Crippen LogP contribution in [0.15, 0.2) is 0 Å². The Morgan fingerprint density at radius 3 is 2.58 bits per heavy atom. The van der Waals surface area contributed by atoms with Crippen molar-refractivity contribution in [2.24, 2.45) is 23.2 Å². The maximum absolute atomic E-state index is 2.58. The molecule has 0 bridgehead atoms. The third-order valence-corrected chi connectivity index (χ3v) is 5.09. The normalized spacial score (nSPS) is 57.2. The molecule has 0 aliphatic heterocycles. The summed E-state index contributed by atoms with van der Waals surface area (Å²) in [6.07, 6.45) is 10.9. The van der Waals surface area contributed by atoms with Gasteiger partial charge in [-0.2, -0.15) is 0 Å². The molecule has 0 aromatic rings. The lowest BCUT2D eigenvalue weighted by atomic mass is 9.81. The van der Waals surface area contributed by atoms with Crippen LogP contribution in [0.1, 0.15) is 51.9 Å². The topological polar surface area (TPSA) is 0 Å². The molecule has 0 heterocycles. The van der Waals surface area contributed by atoms with Gasteiger partial charge in [0.05, 0.1) is 0 Å². The minimum absolute atomic E-state index is 0.831. The van der Waals surface area contributed by atoms with E-state index >= 15 is 0 Å². The molecule has 0 spiro atoms. The minimum atomic E-state index is 0.831. The van der Waals surface area contributed by atoms with Crippen LogP contribution in [0.3, 0.4) is 0 Å². The summed E-state index contributed by atoms with van der Waals surface area (Å²) in [5.74, 6) is 3.43. The first-order valence-electron chi connectivity index (χ1n) is 5.81. The van der Waals surface area contributed by atoms with Crippen LogP contribution in [0.5, 0.6) is 0 Å². The van der Waals surface area contributed by atoms with Crippen LogP contribution in [0, 0.1) is 23.2 Å². The second-order valence-electron chi connectivity index (χ2n) is 5.64. The van der Waals surface area contributed by atoms with E-state index in [1.165, 1.54) is 6.42 Å². The Morgan fingerprint density at radius 1 is 1.00 bits per heavy atom. The van der Waals surface area contributed by atoms with E-state index in [4.69, 9.17) is 0 Å². The summed E-state index contributed by atoms with van der Waals surface area (Å²) in [7, 11) is 0. The second kappa shape index (κ2) is 2.27. The van der Waals surface area contributed by atoms with Crippen LogP contribution in [-0.2, 0) is 0 Å². The van der Waals surface area contributed by atoms with E-state index in [1.54, 1.807) is 38.5 Å². The summed E-state index contributed by atoms with van der Waals surface area (Å²) < 4.78 is 0. The third kappa shape index (κ3) is 0.843. The zero-order valence-electron chi connectivity index (χ0n) is 8.18. The van der Waals surface area contributed by atoms with E-state index in [9.17, 15) is 0 Å². The molecule has 0 N–H and O–H groups in total. The molecule has 3 rings (SSSR count). The molecule has 0 amide bonds. The summed E-state index contributed by atoms with van der Waals surface area (Å²) in [5.41, 5.74) is 0.831. The van der Waals surface area contributed by atoms with Crippen LogP contribution in [-0.4, -0.2) is 0 Å². The number of hydrogen-bond acceptors (Lipinski definition) is 0. The third-order valence-electron chi connectivity index (χ3n) is 5.09. The highest BCUT2D eigenvalue weighted by molar-refractivity contribution is 5.07. The SMILES string of the molecule is CC12CC1CCCC1CCCC12. The van der Waals surface area contributed by atoms with Gasteiger partial charge >= 0.3 is 0 Å². The van der Waals surface area contributed by atoms with Gasteiger partial charge in [-0.25, -0.2) is 0 Å². The Bertz CT molecular complexity index is 196. The second-order valence-corrected chi connectivity index (χ2v) is 5.64. The van der Waals surface area contributed by atoms with E-state index < -0.39 is 0 Å². The van der Waals surface area contributed by atoms with Crippen LogP contribution >= 0.6 is 0 Å². The predicted octanol–water partition coefficient (Wildman–Crippen LogP) is 3.61. The van der Waals surface area contributed by atoms with Gasteiger partial charge in [0.1, 0.15) is 0 Å². The van der Waals surface area contributed by atoms with Crippen molar-refractivity contribution in [1.29, 1.82) is 0 Å². The zero-order valence-corrected chi connectivity index (χ0v) is 8.18. The standard InChI is InChI=1S/C12H20/c1-12-8-10(12)6-2-4-9-5-3-7-11(9)12/h9-11H,2-8H2,1H3. The number of hydrogen-bond donors (Lipinski definition) is 0. The van der Waals surface area contributed by atoms with Gasteiger partial charge in [-0.05, 0) is 42.4 Å². The van der Waals surface area contributed by atoms with Gasteiger partial charge in [0.2, 0.25) is 0 Å². The lowest BCUT2D eigenvalue weighted by Crippen LogP contribution is -2.17. The average Bonchev–Trinajstić information content (AvgIpc) is 2.55. The van der Waals surface area contributed by atoms with Crippen molar-refractivity contribution >= 4 is 0 Å². The molecule has 0 aromatic heterocycles. The van der Waals surface area contributed by atoms with E-state index in [0.29, 0.717) is 0 Å². The molecule has 4 atom stereocenters. The fourth-order valence-electron chi connectivity index (χ4n) is 4.23. The Labute approximate surface area is 75.7 Å². The molecule has 3 saturated carbocycles. The van der Waals surface area contributed by atoms with Crippen LogP contribution < -0.4 is 0 Å². The molecule has 0 heteroatoms. The summed E-state index contributed by atoms with van der Waals surface area (Å²) in [5, 5.41) is 0. The predicted molar refractivity (Wildman–Crippen MR) is 50.9 cm³/mol. The Kier molecular flexibility index (Phi) is 1.40. The van der Waals surface area contributed by atoms with Gasteiger partial charge in [-0.15, -0.1) is 0 Å². The Balaban J connectivity index is 1.87. The van der Waals surface area contributed by atoms with Crippen molar-refractivity contribution in [3.8, 4) is 0 Å². The average molecular weight is 164 g/mol. The number of rotatable bonds is 0. The van der Waals surface area contributed by atoms with Crippen molar-refractivity contribution in [2.45, 2.75) is 51.9 Å². The lowest BCUT2D eigenvalue weighted by Gasteiger charge is -2.24. The van der Waals surface area contributed by atoms with Gasteiger partial charge in [-0.1, -0.05) is 32.6 Å². The molecule has 0 radical (unpaired) electrons. The van der Waals surface area contributed by atoms with E-state index in [0.717, 1.165) is 23.2 Å². The molecule has 12 heavy (non-hydrogen) atoms. The van der Waals surface area contributed by atoms with Crippen molar-refractivity contribution in [3.63, 3.8) is 0 Å². The van der Waals surface area contributed by atoms with Crippen molar-refractivity contribution in [3.05, 3.63) is 0 Å². The molecule has 4 unspecified atom stereocenters. The largest absolute Gasteiger partial charge is 0.0591 e. The van der Waals surface area contributed by atoms with Gasteiger partial charge in [0, 0.05) is 0 Å². The van der Waals surface area contributed by atoms with Crippen LogP contribution in [0.4, 0.5) is 0 Å². The van der Waals surface area contributed by atoms with Gasteiger partial charge < -0.3 is 0 Å². The van der Waals surface area contributed by atoms with Gasteiger partial charge in [0.25, 0.3) is 0 Å². The van der Waals surface area contributed by atoms with Crippen molar-refractivity contribution in [1.82, 2.24) is 0 Å². The van der Waals surface area contributed by atoms with Crippen molar-refractivity contribution < 1.29 is 0 Å². The van der Waals surface area contributed by atoms with Crippen LogP contribution in [0.25, 0.3) is 0 Å². The Morgan fingerprint density at radius 2 is 1.75 bits per heavy atom. The quantitative estimate of drug-likeness (QED) is 0.513. The fraction of sp³-hybridized carbons (Fsp3) is 1.00. The van der Waals surface area contributed by atoms with Crippen LogP contribution in [0.2, 0.25) is 0 Å². The van der Waals surface area contributed by atoms with E-state index in [-0.39, 0.29) is 0 Å². The summed E-state index contributed by atoms with van der Waals surface area (Å²) >= 11 is 0. The zero-order chi connectivity index (χ0) is 8.18. The molecule has 3 aliphatic carbocycles. The molecular formula is C12H20. The molecule has 3 aliphatic rings. The fourth-order valence-corrected chi connectivity index (χ4v) is 4.23. The van der Waals surface area contributed by atoms with E-state index in [2.05, 4.69) is 6.92 Å². The Hall–Kier alpha value is 0. The first-order chi connectivity index (χ1) is 5.81. The molecule has 3 fully saturated rings. The first kappa shape index (κ1) is 7.41. The van der Waals surface area contributed by atoms with E-state index in [1.807, 2.05) is 0 Å². The highest BCUT2D eigenvalue weighted by Crippen LogP contribution is 2.66. The smallest absolute Gasteiger partial charge is 0.0264 e. The summed E-state index contributed by atoms with van der Waals surface area (Å²) in [4.78, 5) is 0. The number of fused-ring (bicyclic) bond motifs is 3. The highest BCUT2D eigenvalue weighted by atomic mass is 14.6. The van der Waals surface area contributed by atoms with Gasteiger partial charge in [-0.3, -0.25) is 0 Å². The molecule has 0 nitrogen and oxygen atoms in total. The molecular weight excluding hydrogens is 144 g/mol. The maximum atomic E-state index is 2.58. The minimum Gasteiger partial charge on any atom is -0.0591 e. The molecule has 0 saturated heterocycles. The van der Waals surface area contributed by atoms with Gasteiger partial charge in [0.15, 0.2) is 0 Å². The summed E-state index contributed by atoms with van der Waals surface area (Å²) in [6, 6.07) is 0. The lowest BCUT2D eigenvalue weighted by molar-refractivity contribution is 0.248. The highest BCUT2D eigenvalue weighted by Gasteiger charge is 2.58. The molecule has 0 aromatic carbocycles. The summed E-state index contributed by atoms with van der Waals surface area (Å²) in [6.45, 7) is 2.58. The van der Waals surface area contributed by atoms with Crippen molar-refractivity contribution in [2.75, 3.05) is 0 Å². The molecule has 68 valence electrons. The maximum Gasteiger partial charge on any atom is -0.0264 e. The monoisotopic (exact) mass is 164 g/mol. The first-order valence-corrected chi connectivity index (χ1v) is 5.81.